The molecule has 1 aliphatic carbocycles. The van der Waals surface area contributed by atoms with Crippen LogP contribution in [0.1, 0.15) is 50.0 Å². The van der Waals surface area contributed by atoms with E-state index in [1.165, 1.54) is 6.42 Å². The Labute approximate surface area is 124 Å². The largest absolute Gasteiger partial charge is 0.481 e. The Balaban J connectivity index is 1.88. The van der Waals surface area contributed by atoms with Gasteiger partial charge in [-0.1, -0.05) is 25.3 Å². The number of carboxylic acid groups (broad SMARTS) is 1. The third-order valence-corrected chi connectivity index (χ3v) is 4.55. The van der Waals surface area contributed by atoms with Gasteiger partial charge in [-0.2, -0.15) is 0 Å². The summed E-state index contributed by atoms with van der Waals surface area (Å²) in [6.07, 6.45) is 6.17. The molecule has 0 amide bonds. The minimum absolute atomic E-state index is 0.181. The molecule has 0 radical (unpaired) electrons. The lowest BCUT2D eigenvalue weighted by atomic mass is 9.69. The van der Waals surface area contributed by atoms with Crippen molar-refractivity contribution in [1.29, 1.82) is 0 Å². The molecule has 0 unspecified atom stereocenters. The minimum Gasteiger partial charge on any atom is -0.481 e. The topological polar surface area (TPSA) is 63.3 Å². The zero-order valence-electron chi connectivity index (χ0n) is 12.4. The van der Waals surface area contributed by atoms with Crippen molar-refractivity contribution in [2.75, 3.05) is 0 Å². The van der Waals surface area contributed by atoms with Gasteiger partial charge in [-0.05, 0) is 42.9 Å². The van der Waals surface area contributed by atoms with Gasteiger partial charge in [0.25, 0.3) is 0 Å². The summed E-state index contributed by atoms with van der Waals surface area (Å²) in [6.45, 7) is 2.02. The number of oxazole rings is 1. The number of hydrogen-bond acceptors (Lipinski definition) is 3. The highest BCUT2D eigenvalue weighted by Gasteiger charge is 2.36. The maximum atomic E-state index is 11.2. The van der Waals surface area contributed by atoms with E-state index in [1.807, 2.05) is 25.1 Å². The van der Waals surface area contributed by atoms with Gasteiger partial charge in [0, 0.05) is 6.42 Å². The van der Waals surface area contributed by atoms with Gasteiger partial charge in [0.1, 0.15) is 5.52 Å². The van der Waals surface area contributed by atoms with Crippen molar-refractivity contribution in [2.45, 2.75) is 51.9 Å². The van der Waals surface area contributed by atoms with Gasteiger partial charge in [-0.3, -0.25) is 4.79 Å². The van der Waals surface area contributed by atoms with Gasteiger partial charge in [-0.25, -0.2) is 4.98 Å². The first-order valence-corrected chi connectivity index (χ1v) is 7.64. The molecule has 3 rings (SSSR count). The number of aliphatic carboxylic acids is 1. The number of hydrogen-bond donors (Lipinski definition) is 1. The van der Waals surface area contributed by atoms with Crippen LogP contribution in [0.4, 0.5) is 0 Å². The van der Waals surface area contributed by atoms with Crippen LogP contribution in [0.15, 0.2) is 22.6 Å². The highest BCUT2D eigenvalue weighted by atomic mass is 16.4. The van der Waals surface area contributed by atoms with Crippen LogP contribution in [0.5, 0.6) is 0 Å². The maximum Gasteiger partial charge on any atom is 0.303 e. The third kappa shape index (κ3) is 3.09. The van der Waals surface area contributed by atoms with Crippen molar-refractivity contribution < 1.29 is 14.3 Å². The maximum absolute atomic E-state index is 11.2. The van der Waals surface area contributed by atoms with Crippen LogP contribution in [0.25, 0.3) is 11.1 Å². The van der Waals surface area contributed by atoms with Gasteiger partial charge in [-0.15, -0.1) is 0 Å². The van der Waals surface area contributed by atoms with E-state index < -0.39 is 5.97 Å². The Morgan fingerprint density at radius 3 is 2.81 bits per heavy atom. The molecular weight excluding hydrogens is 266 g/mol. The molecule has 1 aromatic heterocycles. The number of rotatable bonds is 4. The van der Waals surface area contributed by atoms with Crippen molar-refractivity contribution in [2.24, 2.45) is 5.41 Å². The molecule has 1 fully saturated rings. The molecule has 4 heteroatoms. The van der Waals surface area contributed by atoms with E-state index in [1.54, 1.807) is 0 Å². The van der Waals surface area contributed by atoms with E-state index in [4.69, 9.17) is 4.42 Å². The fourth-order valence-electron chi connectivity index (χ4n) is 3.51. The van der Waals surface area contributed by atoms with Crippen LogP contribution >= 0.6 is 0 Å². The van der Waals surface area contributed by atoms with E-state index in [0.29, 0.717) is 12.3 Å². The van der Waals surface area contributed by atoms with Gasteiger partial charge in [0.05, 0.1) is 6.42 Å². The second-order valence-corrected chi connectivity index (χ2v) is 6.39. The minimum atomic E-state index is -0.719. The predicted octanol–water partition coefficient (Wildman–Crippen LogP) is 4.10. The number of nitrogens with zero attached hydrogens (tertiary/aromatic N) is 1. The Morgan fingerprint density at radius 2 is 2.10 bits per heavy atom. The zero-order valence-corrected chi connectivity index (χ0v) is 12.4. The fourth-order valence-corrected chi connectivity index (χ4v) is 3.51. The molecule has 0 saturated heterocycles. The lowest BCUT2D eigenvalue weighted by molar-refractivity contribution is -0.140. The molecule has 1 aromatic carbocycles. The first-order valence-electron chi connectivity index (χ1n) is 7.64. The van der Waals surface area contributed by atoms with Gasteiger partial charge in [0.15, 0.2) is 11.5 Å². The molecule has 112 valence electrons. The van der Waals surface area contributed by atoms with Gasteiger partial charge >= 0.3 is 5.97 Å². The normalized spacial score (nSPS) is 18.0. The van der Waals surface area contributed by atoms with E-state index in [-0.39, 0.29) is 11.8 Å². The summed E-state index contributed by atoms with van der Waals surface area (Å²) in [4.78, 5) is 15.8. The van der Waals surface area contributed by atoms with Crippen LogP contribution in [-0.2, 0) is 11.2 Å². The molecule has 0 bridgehead atoms. The molecule has 4 nitrogen and oxygen atoms in total. The van der Waals surface area contributed by atoms with E-state index >= 15 is 0 Å². The molecule has 21 heavy (non-hydrogen) atoms. The summed E-state index contributed by atoms with van der Waals surface area (Å²) < 4.78 is 5.85. The summed E-state index contributed by atoms with van der Waals surface area (Å²) >= 11 is 0. The quantitative estimate of drug-likeness (QED) is 0.919. The molecule has 0 aliphatic heterocycles. The first-order chi connectivity index (χ1) is 10.1. The van der Waals surface area contributed by atoms with Crippen LogP contribution < -0.4 is 0 Å². The van der Waals surface area contributed by atoms with Gasteiger partial charge < -0.3 is 9.52 Å². The molecule has 1 N–H and O–H groups in total. The summed E-state index contributed by atoms with van der Waals surface area (Å²) in [6, 6.07) is 5.96. The standard InChI is InChI=1S/C17H21NO3/c1-12-5-6-13-14(9-12)21-15(18-13)10-17(11-16(19)20)7-3-2-4-8-17/h5-6,9H,2-4,7-8,10-11H2,1H3,(H,19,20). The Hall–Kier alpha value is -1.84. The van der Waals surface area contributed by atoms with Crippen molar-refractivity contribution >= 4 is 17.1 Å². The van der Waals surface area contributed by atoms with Crippen LogP contribution in [-0.4, -0.2) is 16.1 Å². The molecule has 0 atom stereocenters. The number of carboxylic acids is 1. The second-order valence-electron chi connectivity index (χ2n) is 6.39. The first kappa shape index (κ1) is 14.1. The SMILES string of the molecule is Cc1ccc2nc(CC3(CC(=O)O)CCCCC3)oc2c1. The molecule has 1 saturated carbocycles. The lowest BCUT2D eigenvalue weighted by Crippen LogP contribution is -2.29. The molecule has 1 aliphatic rings. The zero-order chi connectivity index (χ0) is 14.9. The Kier molecular flexibility index (Phi) is 3.70. The second kappa shape index (κ2) is 5.51. The monoisotopic (exact) mass is 287 g/mol. The molecule has 1 heterocycles. The number of aromatic nitrogens is 1. The van der Waals surface area contributed by atoms with Gasteiger partial charge in [0.2, 0.25) is 0 Å². The number of benzene rings is 1. The average molecular weight is 287 g/mol. The predicted molar refractivity (Wildman–Crippen MR) is 80.2 cm³/mol. The van der Waals surface area contributed by atoms with Crippen molar-refractivity contribution in [3.63, 3.8) is 0 Å². The van der Waals surface area contributed by atoms with Crippen molar-refractivity contribution in [3.05, 3.63) is 29.7 Å². The third-order valence-electron chi connectivity index (χ3n) is 4.55. The van der Waals surface area contributed by atoms with Crippen molar-refractivity contribution in [1.82, 2.24) is 4.98 Å². The van der Waals surface area contributed by atoms with E-state index in [0.717, 1.165) is 42.3 Å². The van der Waals surface area contributed by atoms with Crippen LogP contribution in [0, 0.1) is 12.3 Å². The number of carbonyl (C=O) groups is 1. The van der Waals surface area contributed by atoms with Crippen LogP contribution in [0.3, 0.4) is 0 Å². The summed E-state index contributed by atoms with van der Waals surface area (Å²) in [5.41, 5.74) is 2.62. The lowest BCUT2D eigenvalue weighted by Gasteiger charge is -2.35. The fraction of sp³-hybridized carbons (Fsp3) is 0.529. The smallest absolute Gasteiger partial charge is 0.303 e. The Bertz CT molecular complexity index is 653. The Morgan fingerprint density at radius 1 is 1.33 bits per heavy atom. The average Bonchev–Trinajstić information content (AvgIpc) is 2.79. The highest BCUT2D eigenvalue weighted by molar-refractivity contribution is 5.73. The molecule has 0 spiro atoms. The van der Waals surface area contributed by atoms with Crippen molar-refractivity contribution in [3.8, 4) is 0 Å². The van der Waals surface area contributed by atoms with Crippen LogP contribution in [0.2, 0.25) is 0 Å². The summed E-state index contributed by atoms with van der Waals surface area (Å²) in [7, 11) is 0. The number of fused-ring (bicyclic) bond motifs is 1. The highest BCUT2D eigenvalue weighted by Crippen LogP contribution is 2.42. The molecule has 2 aromatic rings. The number of aryl methyl sites for hydroxylation is 1. The van der Waals surface area contributed by atoms with E-state index in [2.05, 4.69) is 4.98 Å². The summed E-state index contributed by atoms with van der Waals surface area (Å²) in [5, 5.41) is 9.23. The van der Waals surface area contributed by atoms with E-state index in [9.17, 15) is 9.90 Å². The summed E-state index contributed by atoms with van der Waals surface area (Å²) in [5.74, 6) is -0.0393. The molecular formula is C17H21NO3.